The Morgan fingerprint density at radius 1 is 1.09 bits per heavy atom. The molecule has 2 aromatic rings. The van der Waals surface area contributed by atoms with E-state index in [0.717, 1.165) is 17.0 Å². The Balaban J connectivity index is 1.83. The van der Waals surface area contributed by atoms with E-state index in [-0.39, 0.29) is 0 Å². The van der Waals surface area contributed by atoms with Crippen LogP contribution in [0.3, 0.4) is 0 Å². The molecule has 0 aromatic heterocycles. The second kappa shape index (κ2) is 7.72. The van der Waals surface area contributed by atoms with Crippen LogP contribution in [-0.4, -0.2) is 25.7 Å². The van der Waals surface area contributed by atoms with Gasteiger partial charge in [0.05, 0.1) is 5.54 Å². The first-order valence-corrected chi connectivity index (χ1v) is 7.53. The number of anilines is 1. The van der Waals surface area contributed by atoms with Gasteiger partial charge in [0, 0.05) is 12.2 Å². The molecule has 0 bridgehead atoms. The third-order valence-electron chi connectivity index (χ3n) is 3.30. The van der Waals surface area contributed by atoms with Crippen molar-refractivity contribution in [3.63, 3.8) is 0 Å². The van der Waals surface area contributed by atoms with Crippen molar-refractivity contribution < 1.29 is 9.53 Å². The van der Waals surface area contributed by atoms with Crippen molar-refractivity contribution in [2.45, 2.75) is 26.0 Å². The zero-order chi connectivity index (χ0) is 16.7. The summed E-state index contributed by atoms with van der Waals surface area (Å²) in [7, 11) is 5.15. The molecule has 4 nitrogen and oxygen atoms in total. The predicted molar refractivity (Wildman–Crippen MR) is 94.1 cm³/mol. The van der Waals surface area contributed by atoms with Crippen molar-refractivity contribution >= 4 is 19.3 Å². The summed E-state index contributed by atoms with van der Waals surface area (Å²) in [5, 5.41) is 5.96. The molecule has 2 radical (unpaired) electrons. The number of benzene rings is 2. The third-order valence-corrected chi connectivity index (χ3v) is 3.30. The minimum Gasteiger partial charge on any atom is -0.489 e. The highest BCUT2D eigenvalue weighted by atomic mass is 16.5. The van der Waals surface area contributed by atoms with Crippen molar-refractivity contribution in [1.29, 1.82) is 0 Å². The molecule has 0 atom stereocenters. The van der Waals surface area contributed by atoms with Crippen molar-refractivity contribution in [2.75, 3.05) is 11.9 Å². The summed E-state index contributed by atoms with van der Waals surface area (Å²) in [4.78, 5) is 10.9. The molecule has 2 N–H and O–H groups in total. The molecule has 5 heteroatoms. The molecule has 0 spiro atoms. The van der Waals surface area contributed by atoms with Crippen molar-refractivity contribution in [3.05, 3.63) is 60.2 Å². The van der Waals surface area contributed by atoms with E-state index >= 15 is 0 Å². The zero-order valence-electron chi connectivity index (χ0n) is 13.5. The molecule has 0 fully saturated rings. The molecule has 2 rings (SSSR count). The van der Waals surface area contributed by atoms with E-state index in [9.17, 15) is 4.79 Å². The standard InChI is InChI=1S/C18H21BN2O2/c1-18(2,21-17(19)22)13-20-15-8-10-16(11-9-15)23-12-14-6-4-3-5-7-14/h3-11,20H,12-13H2,1-2H3,(H,21,22). The van der Waals surface area contributed by atoms with Crippen LogP contribution in [0.2, 0.25) is 0 Å². The largest absolute Gasteiger partial charge is 0.489 e. The molecule has 2 aromatic carbocycles. The van der Waals surface area contributed by atoms with Crippen LogP contribution in [-0.2, 0) is 6.61 Å². The number of carbonyl (C=O) groups is 1. The third kappa shape index (κ3) is 6.06. The maximum Gasteiger partial charge on any atom is 0.200 e. The van der Waals surface area contributed by atoms with Gasteiger partial charge in [0.1, 0.15) is 12.4 Å². The molecule has 0 unspecified atom stereocenters. The maximum atomic E-state index is 10.9. The molecule has 0 saturated carbocycles. The summed E-state index contributed by atoms with van der Waals surface area (Å²) in [5.41, 5.74) is 1.67. The Labute approximate surface area is 138 Å². The highest BCUT2D eigenvalue weighted by Crippen LogP contribution is 2.17. The van der Waals surface area contributed by atoms with Gasteiger partial charge in [-0.2, -0.15) is 0 Å². The summed E-state index contributed by atoms with van der Waals surface area (Å²) >= 11 is 0. The molecule has 0 aliphatic carbocycles. The van der Waals surface area contributed by atoms with Crippen LogP contribution < -0.4 is 15.4 Å². The van der Waals surface area contributed by atoms with Gasteiger partial charge in [-0.3, -0.25) is 4.79 Å². The maximum absolute atomic E-state index is 10.9. The summed E-state index contributed by atoms with van der Waals surface area (Å²) < 4.78 is 5.74. The fourth-order valence-electron chi connectivity index (χ4n) is 2.11. The Hall–Kier alpha value is -2.43. The summed E-state index contributed by atoms with van der Waals surface area (Å²) in [6.07, 6.45) is 0. The second-order valence-corrected chi connectivity index (χ2v) is 6.03. The number of ether oxygens (including phenoxy) is 1. The van der Waals surface area contributed by atoms with E-state index in [1.807, 2.05) is 68.4 Å². The predicted octanol–water partition coefficient (Wildman–Crippen LogP) is 3.33. The monoisotopic (exact) mass is 308 g/mol. The van der Waals surface area contributed by atoms with Gasteiger partial charge in [-0.25, -0.2) is 0 Å². The van der Waals surface area contributed by atoms with Crippen LogP contribution in [0.4, 0.5) is 10.5 Å². The molecule has 0 saturated heterocycles. The van der Waals surface area contributed by atoms with E-state index in [2.05, 4.69) is 10.6 Å². The molecule has 0 aliphatic heterocycles. The van der Waals surface area contributed by atoms with E-state index < -0.39 is 11.3 Å². The van der Waals surface area contributed by atoms with Crippen molar-refractivity contribution in [2.24, 2.45) is 0 Å². The van der Waals surface area contributed by atoms with Crippen LogP contribution >= 0.6 is 0 Å². The van der Waals surface area contributed by atoms with Gasteiger partial charge in [0.15, 0.2) is 5.81 Å². The van der Waals surface area contributed by atoms with Gasteiger partial charge >= 0.3 is 0 Å². The van der Waals surface area contributed by atoms with Crippen LogP contribution in [0, 0.1) is 0 Å². The zero-order valence-corrected chi connectivity index (χ0v) is 13.5. The highest BCUT2D eigenvalue weighted by Gasteiger charge is 2.17. The Kier molecular flexibility index (Phi) is 5.69. The number of hydrogen-bond donors (Lipinski definition) is 2. The molecule has 1 amide bonds. The van der Waals surface area contributed by atoms with Gasteiger partial charge in [0.2, 0.25) is 7.85 Å². The first-order chi connectivity index (χ1) is 10.9. The summed E-state index contributed by atoms with van der Waals surface area (Å²) in [6, 6.07) is 17.8. The molecule has 0 aliphatic rings. The van der Waals surface area contributed by atoms with E-state index in [1.54, 1.807) is 0 Å². The normalized spacial score (nSPS) is 10.9. The molecule has 0 heterocycles. The first kappa shape index (κ1) is 16.9. The number of nitrogens with one attached hydrogen (secondary N) is 2. The van der Waals surface area contributed by atoms with Crippen LogP contribution in [0.1, 0.15) is 19.4 Å². The Morgan fingerprint density at radius 3 is 2.35 bits per heavy atom. The molecule has 118 valence electrons. The van der Waals surface area contributed by atoms with E-state index in [4.69, 9.17) is 12.6 Å². The Morgan fingerprint density at radius 2 is 1.74 bits per heavy atom. The van der Waals surface area contributed by atoms with Gasteiger partial charge in [-0.15, -0.1) is 0 Å². The highest BCUT2D eigenvalue weighted by molar-refractivity contribution is 6.57. The fraction of sp³-hybridized carbons (Fsp3) is 0.278. The lowest BCUT2D eigenvalue weighted by atomic mass is 10.0. The van der Waals surface area contributed by atoms with Crippen molar-refractivity contribution in [1.82, 2.24) is 5.32 Å². The smallest absolute Gasteiger partial charge is 0.200 e. The van der Waals surface area contributed by atoms with Crippen molar-refractivity contribution in [3.8, 4) is 5.75 Å². The number of hydrogen-bond acceptors (Lipinski definition) is 3. The van der Waals surface area contributed by atoms with E-state index in [0.29, 0.717) is 13.2 Å². The average Bonchev–Trinajstić information content (AvgIpc) is 2.52. The number of rotatable bonds is 7. The lowest BCUT2D eigenvalue weighted by Crippen LogP contribution is -2.47. The quantitative estimate of drug-likeness (QED) is 0.771. The number of amides is 1. The minimum atomic E-state index is -0.526. The number of carbonyl (C=O) groups excluding carboxylic acids is 1. The first-order valence-electron chi connectivity index (χ1n) is 7.53. The van der Waals surface area contributed by atoms with Gasteiger partial charge < -0.3 is 15.4 Å². The summed E-state index contributed by atoms with van der Waals surface area (Å²) in [5.74, 6) is 0.287. The van der Waals surface area contributed by atoms with Crippen LogP contribution in [0.5, 0.6) is 5.75 Å². The SMILES string of the molecule is [B]C(=O)NC(C)(C)CNc1ccc(OCc2ccccc2)cc1. The van der Waals surface area contributed by atoms with Crippen LogP contribution in [0.15, 0.2) is 54.6 Å². The van der Waals surface area contributed by atoms with Gasteiger partial charge in [-0.1, -0.05) is 30.3 Å². The topological polar surface area (TPSA) is 50.4 Å². The van der Waals surface area contributed by atoms with Gasteiger partial charge in [0.25, 0.3) is 0 Å². The molecular formula is C18H21BN2O2. The second-order valence-electron chi connectivity index (χ2n) is 6.03. The summed E-state index contributed by atoms with van der Waals surface area (Å²) in [6.45, 7) is 4.92. The van der Waals surface area contributed by atoms with E-state index in [1.165, 1.54) is 0 Å². The molecular weight excluding hydrogens is 287 g/mol. The molecule has 23 heavy (non-hydrogen) atoms. The minimum absolute atomic E-state index is 0.422. The lowest BCUT2D eigenvalue weighted by Gasteiger charge is -2.26. The van der Waals surface area contributed by atoms with Crippen LogP contribution in [0.25, 0.3) is 0 Å². The lowest BCUT2D eigenvalue weighted by molar-refractivity contribution is 0.251. The van der Waals surface area contributed by atoms with Gasteiger partial charge in [-0.05, 0) is 43.7 Å². The average molecular weight is 308 g/mol. The Bertz CT molecular complexity index is 627. The fourth-order valence-corrected chi connectivity index (χ4v) is 2.11.